The van der Waals surface area contributed by atoms with Crippen LogP contribution in [0, 0.1) is 18.3 Å². The number of aliphatic hydroxyl groups is 1. The van der Waals surface area contributed by atoms with E-state index in [1.54, 1.807) is 7.11 Å². The number of carbonyl (C=O) groups excluding carboxylic acids is 1. The van der Waals surface area contributed by atoms with E-state index in [4.69, 9.17) is 14.6 Å². The summed E-state index contributed by atoms with van der Waals surface area (Å²) in [6.07, 6.45) is 5.56. The molecule has 0 unspecified atom stereocenters. The Morgan fingerprint density at radius 3 is 2.45 bits per heavy atom. The van der Waals surface area contributed by atoms with Crippen LogP contribution in [-0.4, -0.2) is 54.6 Å². The first-order chi connectivity index (χ1) is 16.1. The Hall–Kier alpha value is -2.44. The van der Waals surface area contributed by atoms with Crippen molar-refractivity contribution in [2.24, 2.45) is 11.3 Å². The van der Waals surface area contributed by atoms with E-state index in [0.717, 1.165) is 49.7 Å². The van der Waals surface area contributed by atoms with Gasteiger partial charge in [-0.05, 0) is 61.9 Å². The summed E-state index contributed by atoms with van der Waals surface area (Å²) in [4.78, 5) is 17.8. The summed E-state index contributed by atoms with van der Waals surface area (Å²) in [5, 5.41) is 7.00. The van der Waals surface area contributed by atoms with E-state index in [1.165, 1.54) is 30.6 Å². The molecule has 33 heavy (non-hydrogen) atoms. The number of fused-ring (bicyclic) bond motifs is 1. The highest BCUT2D eigenvalue weighted by Crippen LogP contribution is 2.48. The first-order valence-electron chi connectivity index (χ1n) is 12.0. The quantitative estimate of drug-likeness (QED) is 0.666. The molecule has 0 radical (unpaired) electrons. The lowest BCUT2D eigenvalue weighted by molar-refractivity contribution is -0.119. The lowest BCUT2D eigenvalue weighted by atomic mass is 9.71. The zero-order chi connectivity index (χ0) is 24.0. The second kappa shape index (κ2) is 11.1. The van der Waals surface area contributed by atoms with Gasteiger partial charge in [0.2, 0.25) is 5.88 Å². The number of nitrogens with zero attached hydrogens (tertiary/aromatic N) is 2. The molecule has 0 bridgehead atoms. The number of carbonyl (C=O) groups is 1. The highest BCUT2D eigenvalue weighted by Gasteiger charge is 2.50. The van der Waals surface area contributed by atoms with Gasteiger partial charge in [0.15, 0.2) is 0 Å². The number of rotatable bonds is 6. The summed E-state index contributed by atoms with van der Waals surface area (Å²) in [7, 11) is 2.63. The van der Waals surface area contributed by atoms with E-state index in [9.17, 15) is 4.79 Å². The van der Waals surface area contributed by atoms with Gasteiger partial charge in [0.05, 0.1) is 7.11 Å². The van der Waals surface area contributed by atoms with Crippen molar-refractivity contribution in [3.8, 4) is 11.6 Å². The molecular formula is C27H38N2O4. The molecule has 1 N–H and O–H groups in total. The Labute approximate surface area is 197 Å². The van der Waals surface area contributed by atoms with E-state index in [2.05, 4.69) is 28.1 Å². The number of pyridine rings is 1. The number of ether oxygens (including phenoxy) is 2. The predicted octanol–water partition coefficient (Wildman–Crippen LogP) is 3.99. The number of aromatic nitrogens is 1. The molecule has 6 heteroatoms. The van der Waals surface area contributed by atoms with Crippen LogP contribution >= 0.6 is 0 Å². The van der Waals surface area contributed by atoms with Crippen LogP contribution in [0.15, 0.2) is 30.3 Å². The van der Waals surface area contributed by atoms with Crippen molar-refractivity contribution in [2.75, 3.05) is 27.3 Å². The Kier molecular flexibility index (Phi) is 8.49. The van der Waals surface area contributed by atoms with E-state index < -0.39 is 0 Å². The Bertz CT molecular complexity index is 934. The molecule has 3 aliphatic rings. The molecular weight excluding hydrogens is 416 g/mol. The number of methoxy groups -OCH3 is 1. The normalized spacial score (nSPS) is 21.9. The zero-order valence-electron chi connectivity index (χ0n) is 20.6. The van der Waals surface area contributed by atoms with Crippen LogP contribution in [0.3, 0.4) is 0 Å². The number of aldehydes is 1. The second-order valence-electron chi connectivity index (χ2n) is 9.10. The molecule has 1 aliphatic heterocycles. The van der Waals surface area contributed by atoms with Crippen LogP contribution < -0.4 is 9.47 Å². The first-order valence-corrected chi connectivity index (χ1v) is 12.0. The molecule has 1 aromatic carbocycles. The average molecular weight is 455 g/mol. The van der Waals surface area contributed by atoms with Crippen molar-refractivity contribution in [2.45, 2.75) is 59.1 Å². The molecule has 1 spiro atoms. The van der Waals surface area contributed by atoms with Gasteiger partial charge < -0.3 is 19.4 Å². The van der Waals surface area contributed by atoms with Crippen molar-refractivity contribution < 1.29 is 19.4 Å². The maximum absolute atomic E-state index is 10.8. The van der Waals surface area contributed by atoms with Crippen LogP contribution in [-0.2, 0) is 24.2 Å². The van der Waals surface area contributed by atoms with E-state index in [1.807, 2.05) is 32.9 Å². The molecule has 2 aliphatic carbocycles. The lowest BCUT2D eigenvalue weighted by Gasteiger charge is -2.55. The lowest BCUT2D eigenvalue weighted by Crippen LogP contribution is -2.63. The van der Waals surface area contributed by atoms with Crippen LogP contribution in [0.1, 0.15) is 49.1 Å². The maximum Gasteiger partial charge on any atom is 0.213 e. The summed E-state index contributed by atoms with van der Waals surface area (Å²) >= 11 is 0. The first kappa shape index (κ1) is 25.2. The van der Waals surface area contributed by atoms with Gasteiger partial charge in [0, 0.05) is 54.9 Å². The topological polar surface area (TPSA) is 71.9 Å². The van der Waals surface area contributed by atoms with Crippen molar-refractivity contribution >= 4 is 6.29 Å². The fraction of sp³-hybridized carbons (Fsp3) is 0.556. The second-order valence-corrected chi connectivity index (χ2v) is 9.10. The molecule has 0 atom stereocenters. The van der Waals surface area contributed by atoms with E-state index >= 15 is 0 Å². The van der Waals surface area contributed by atoms with Gasteiger partial charge in [0.25, 0.3) is 0 Å². The fourth-order valence-corrected chi connectivity index (χ4v) is 5.23. The van der Waals surface area contributed by atoms with Gasteiger partial charge in [-0.1, -0.05) is 19.9 Å². The molecule has 6 nitrogen and oxygen atoms in total. The largest absolute Gasteiger partial charge is 0.489 e. The minimum Gasteiger partial charge on any atom is -0.489 e. The van der Waals surface area contributed by atoms with Crippen molar-refractivity contribution in [3.63, 3.8) is 0 Å². The third-order valence-electron chi connectivity index (χ3n) is 7.02. The van der Waals surface area contributed by atoms with E-state index in [-0.39, 0.29) is 0 Å². The molecule has 5 rings (SSSR count). The van der Waals surface area contributed by atoms with Crippen LogP contribution in [0.5, 0.6) is 11.6 Å². The number of benzene rings is 1. The molecule has 2 aromatic rings. The van der Waals surface area contributed by atoms with Gasteiger partial charge in [-0.25, -0.2) is 4.98 Å². The average Bonchev–Trinajstić information content (AvgIpc) is 3.19. The van der Waals surface area contributed by atoms with Gasteiger partial charge in [0.1, 0.15) is 18.6 Å². The summed E-state index contributed by atoms with van der Waals surface area (Å²) < 4.78 is 11.2. The van der Waals surface area contributed by atoms with Crippen LogP contribution in [0.25, 0.3) is 0 Å². The molecule has 1 saturated heterocycles. The molecule has 0 amide bonds. The SMILES string of the molecule is CC.CO.COc1ccc(COc2ccc3c(c2)CC2(C3)CN(C3CC(C=O)C3)C2)c(C)n1. The smallest absolute Gasteiger partial charge is 0.213 e. The summed E-state index contributed by atoms with van der Waals surface area (Å²) in [5.74, 6) is 1.87. The number of likely N-dealkylation sites (tertiary alicyclic amines) is 1. The van der Waals surface area contributed by atoms with Crippen molar-refractivity contribution in [3.05, 3.63) is 52.7 Å². The van der Waals surface area contributed by atoms with Gasteiger partial charge >= 0.3 is 0 Å². The zero-order valence-corrected chi connectivity index (χ0v) is 20.6. The summed E-state index contributed by atoms with van der Waals surface area (Å²) in [6, 6.07) is 11.1. The molecule has 2 heterocycles. The number of hydrogen-bond acceptors (Lipinski definition) is 6. The van der Waals surface area contributed by atoms with Gasteiger partial charge in [-0.15, -0.1) is 0 Å². The highest BCUT2D eigenvalue weighted by molar-refractivity contribution is 5.55. The van der Waals surface area contributed by atoms with Crippen molar-refractivity contribution in [1.82, 2.24) is 9.88 Å². The maximum atomic E-state index is 10.8. The van der Waals surface area contributed by atoms with Crippen LogP contribution in [0.4, 0.5) is 0 Å². The van der Waals surface area contributed by atoms with Crippen LogP contribution in [0.2, 0.25) is 0 Å². The van der Waals surface area contributed by atoms with E-state index in [0.29, 0.717) is 29.9 Å². The number of hydrogen-bond donors (Lipinski definition) is 1. The monoisotopic (exact) mass is 454 g/mol. The minimum absolute atomic E-state index is 0.307. The summed E-state index contributed by atoms with van der Waals surface area (Å²) in [6.45, 7) is 8.84. The summed E-state index contributed by atoms with van der Waals surface area (Å²) in [5.41, 5.74) is 5.33. The number of aryl methyl sites for hydroxylation is 1. The third kappa shape index (κ3) is 5.39. The molecule has 2 fully saturated rings. The van der Waals surface area contributed by atoms with Gasteiger partial charge in [-0.2, -0.15) is 0 Å². The predicted molar refractivity (Wildman–Crippen MR) is 130 cm³/mol. The highest BCUT2D eigenvalue weighted by atomic mass is 16.5. The standard InChI is InChI=1S/C24H28N2O3.C2H6.CH4O/c1-16-19(4-6-23(25-16)28-2)13-29-22-5-3-18-10-24(11-20(18)9-22)14-26(15-24)21-7-17(8-21)12-27;2*1-2/h3-6,9,12,17,21H,7-8,10-11,13-15H2,1-2H3;1-2H3;2H,1H3. The molecule has 1 aromatic heterocycles. The molecule has 180 valence electrons. The third-order valence-corrected chi connectivity index (χ3v) is 7.02. The Morgan fingerprint density at radius 2 is 1.82 bits per heavy atom. The minimum atomic E-state index is 0.307. The van der Waals surface area contributed by atoms with Crippen molar-refractivity contribution in [1.29, 1.82) is 0 Å². The Morgan fingerprint density at radius 1 is 1.12 bits per heavy atom. The molecule has 1 saturated carbocycles. The Balaban J connectivity index is 0.000000728. The van der Waals surface area contributed by atoms with Gasteiger partial charge in [-0.3, -0.25) is 4.90 Å². The fourth-order valence-electron chi connectivity index (χ4n) is 5.23. The number of aliphatic hydroxyl groups excluding tert-OH is 1.